The molecule has 2 heterocycles. The Bertz CT molecular complexity index is 841. The zero-order valence-electron chi connectivity index (χ0n) is 20.3. The summed E-state index contributed by atoms with van der Waals surface area (Å²) in [5.74, 6) is 1.88. The molecule has 2 amide bonds. The van der Waals surface area contributed by atoms with Gasteiger partial charge in [-0.3, -0.25) is 14.5 Å². The molecule has 32 heavy (non-hydrogen) atoms. The molecule has 2 rings (SSSR count). The second kappa shape index (κ2) is 13.0. The van der Waals surface area contributed by atoms with Crippen LogP contribution in [-0.4, -0.2) is 78.8 Å². The van der Waals surface area contributed by atoms with Crippen LogP contribution < -0.4 is 0 Å². The van der Waals surface area contributed by atoms with E-state index in [-0.39, 0.29) is 11.8 Å². The molecule has 0 atom stereocenters. The van der Waals surface area contributed by atoms with Gasteiger partial charge in [0.1, 0.15) is 24.7 Å². The molecule has 0 aromatic carbocycles. The first-order valence-corrected chi connectivity index (χ1v) is 11.7. The highest BCUT2D eigenvalue weighted by molar-refractivity contribution is 5.76. The summed E-state index contributed by atoms with van der Waals surface area (Å²) in [4.78, 5) is 39.9. The Morgan fingerprint density at radius 1 is 0.812 bits per heavy atom. The smallest absolute Gasteiger partial charge is 0.242 e. The first-order chi connectivity index (χ1) is 15.4. The van der Waals surface area contributed by atoms with Crippen LogP contribution in [0.4, 0.5) is 0 Å². The Morgan fingerprint density at radius 3 is 1.72 bits per heavy atom. The number of imidazole rings is 2. The molecule has 0 saturated carbocycles. The molecular formula is C23H39N7O2. The Balaban J connectivity index is 1.97. The number of carbonyl (C=O) groups excluding carboxylic acids is 2. The number of amides is 2. The molecule has 0 fully saturated rings. The molecule has 0 spiro atoms. The molecule has 178 valence electrons. The van der Waals surface area contributed by atoms with E-state index in [4.69, 9.17) is 0 Å². The van der Waals surface area contributed by atoms with E-state index in [2.05, 4.69) is 21.8 Å². The van der Waals surface area contributed by atoms with E-state index >= 15 is 0 Å². The SMILES string of the molecule is CCCCN(CC)C(=O)Cn1ccnc1CN(C)Cc1nccn1CC(=O)N(CC)CC. The number of hydrogen-bond acceptors (Lipinski definition) is 5. The molecule has 9 heteroatoms. The summed E-state index contributed by atoms with van der Waals surface area (Å²) >= 11 is 0. The van der Waals surface area contributed by atoms with Gasteiger partial charge in [0, 0.05) is 51.0 Å². The quantitative estimate of drug-likeness (QED) is 0.446. The third kappa shape index (κ3) is 7.19. The monoisotopic (exact) mass is 445 g/mol. The summed E-state index contributed by atoms with van der Waals surface area (Å²) in [5, 5.41) is 0. The maximum absolute atomic E-state index is 12.7. The summed E-state index contributed by atoms with van der Waals surface area (Å²) < 4.78 is 3.82. The Labute approximate surface area is 192 Å². The minimum absolute atomic E-state index is 0.0921. The van der Waals surface area contributed by atoms with E-state index in [9.17, 15) is 9.59 Å². The van der Waals surface area contributed by atoms with Crippen LogP contribution in [0.25, 0.3) is 0 Å². The highest BCUT2D eigenvalue weighted by Crippen LogP contribution is 2.09. The van der Waals surface area contributed by atoms with Crippen molar-refractivity contribution in [1.82, 2.24) is 33.8 Å². The van der Waals surface area contributed by atoms with Crippen LogP contribution in [0.5, 0.6) is 0 Å². The van der Waals surface area contributed by atoms with Gasteiger partial charge < -0.3 is 18.9 Å². The number of likely N-dealkylation sites (N-methyl/N-ethyl adjacent to an activating group) is 2. The van der Waals surface area contributed by atoms with E-state index < -0.39 is 0 Å². The molecule has 9 nitrogen and oxygen atoms in total. The van der Waals surface area contributed by atoms with Crippen LogP contribution in [0.1, 0.15) is 52.2 Å². The zero-order chi connectivity index (χ0) is 23.5. The molecule has 0 saturated heterocycles. The number of nitrogens with zero attached hydrogens (tertiary/aromatic N) is 7. The van der Waals surface area contributed by atoms with Crippen LogP contribution in [-0.2, 0) is 35.8 Å². The third-order valence-electron chi connectivity index (χ3n) is 5.67. The van der Waals surface area contributed by atoms with Gasteiger partial charge in [-0.25, -0.2) is 9.97 Å². The van der Waals surface area contributed by atoms with Crippen LogP contribution >= 0.6 is 0 Å². The summed E-state index contributed by atoms with van der Waals surface area (Å²) in [6.07, 6.45) is 9.26. The maximum atomic E-state index is 12.7. The van der Waals surface area contributed by atoms with Gasteiger partial charge in [0.2, 0.25) is 11.8 Å². The van der Waals surface area contributed by atoms with Crippen molar-refractivity contribution in [2.45, 2.75) is 66.7 Å². The lowest BCUT2D eigenvalue weighted by Gasteiger charge is -2.22. The van der Waals surface area contributed by atoms with Crippen LogP contribution in [0.3, 0.4) is 0 Å². The molecule has 0 N–H and O–H groups in total. The standard InChI is InChI=1S/C23H39N7O2/c1-6-10-13-28(9-4)23(32)19-30-15-12-25-21(30)17-26(5)16-20-24-11-14-29(20)18-22(31)27(7-2)8-3/h11-12,14-15H,6-10,13,16-19H2,1-5H3. The minimum Gasteiger partial charge on any atom is -0.342 e. The molecule has 0 unspecified atom stereocenters. The van der Waals surface area contributed by atoms with Crippen molar-refractivity contribution in [3.63, 3.8) is 0 Å². The van der Waals surface area contributed by atoms with Gasteiger partial charge in [0.25, 0.3) is 0 Å². The second-order valence-corrected chi connectivity index (χ2v) is 8.01. The lowest BCUT2D eigenvalue weighted by atomic mass is 10.3. The molecule has 0 aliphatic heterocycles. The predicted octanol–water partition coefficient (Wildman–Crippen LogP) is 2.23. The van der Waals surface area contributed by atoms with Gasteiger partial charge in [-0.05, 0) is 34.2 Å². The number of carbonyl (C=O) groups is 2. The van der Waals surface area contributed by atoms with Gasteiger partial charge >= 0.3 is 0 Å². The number of hydrogen-bond donors (Lipinski definition) is 0. The topological polar surface area (TPSA) is 79.5 Å². The van der Waals surface area contributed by atoms with Gasteiger partial charge in [-0.1, -0.05) is 13.3 Å². The van der Waals surface area contributed by atoms with E-state index in [1.807, 2.05) is 59.1 Å². The molecular weight excluding hydrogens is 406 g/mol. The summed E-state index contributed by atoms with van der Waals surface area (Å²) in [6.45, 7) is 12.8. The molecule has 0 bridgehead atoms. The van der Waals surface area contributed by atoms with Crippen molar-refractivity contribution in [3.05, 3.63) is 36.4 Å². The van der Waals surface area contributed by atoms with E-state index in [0.717, 1.165) is 37.6 Å². The van der Waals surface area contributed by atoms with Crippen molar-refractivity contribution >= 4 is 11.8 Å². The first-order valence-electron chi connectivity index (χ1n) is 11.7. The van der Waals surface area contributed by atoms with Gasteiger partial charge in [0.15, 0.2) is 0 Å². The molecule has 0 aliphatic rings. The maximum Gasteiger partial charge on any atom is 0.242 e. The highest BCUT2D eigenvalue weighted by Gasteiger charge is 2.17. The van der Waals surface area contributed by atoms with Crippen LogP contribution in [0, 0.1) is 0 Å². The Hall–Kier alpha value is -2.68. The van der Waals surface area contributed by atoms with Crippen molar-refractivity contribution in [1.29, 1.82) is 0 Å². The van der Waals surface area contributed by atoms with Gasteiger partial charge in [-0.2, -0.15) is 0 Å². The number of aromatic nitrogens is 4. The molecule has 0 aliphatic carbocycles. The average molecular weight is 446 g/mol. The first kappa shape index (κ1) is 25.6. The third-order valence-corrected chi connectivity index (χ3v) is 5.67. The van der Waals surface area contributed by atoms with Gasteiger partial charge in [0.05, 0.1) is 13.1 Å². The predicted molar refractivity (Wildman–Crippen MR) is 125 cm³/mol. The van der Waals surface area contributed by atoms with E-state index in [0.29, 0.717) is 39.3 Å². The fourth-order valence-electron chi connectivity index (χ4n) is 3.69. The highest BCUT2D eigenvalue weighted by atomic mass is 16.2. The molecule has 0 radical (unpaired) electrons. The van der Waals surface area contributed by atoms with Crippen LogP contribution in [0.15, 0.2) is 24.8 Å². The zero-order valence-corrected chi connectivity index (χ0v) is 20.3. The van der Waals surface area contributed by atoms with Crippen molar-refractivity contribution < 1.29 is 9.59 Å². The Kier molecular flexibility index (Phi) is 10.4. The summed E-state index contributed by atoms with van der Waals surface area (Å²) in [5.41, 5.74) is 0. The fraction of sp³-hybridized carbons (Fsp3) is 0.652. The normalized spacial score (nSPS) is 11.2. The van der Waals surface area contributed by atoms with E-state index in [1.54, 1.807) is 12.4 Å². The second-order valence-electron chi connectivity index (χ2n) is 8.01. The number of rotatable bonds is 14. The lowest BCUT2D eigenvalue weighted by molar-refractivity contribution is -0.132. The summed E-state index contributed by atoms with van der Waals surface area (Å²) in [7, 11) is 1.99. The number of unbranched alkanes of at least 4 members (excludes halogenated alkanes) is 1. The van der Waals surface area contributed by atoms with Crippen molar-refractivity contribution in [2.24, 2.45) is 0 Å². The molecule has 2 aromatic heterocycles. The average Bonchev–Trinajstić information content (AvgIpc) is 3.39. The largest absolute Gasteiger partial charge is 0.342 e. The molecule has 2 aromatic rings. The van der Waals surface area contributed by atoms with Crippen LogP contribution in [0.2, 0.25) is 0 Å². The fourth-order valence-corrected chi connectivity index (χ4v) is 3.69. The van der Waals surface area contributed by atoms with E-state index in [1.165, 1.54) is 0 Å². The van der Waals surface area contributed by atoms with Gasteiger partial charge in [-0.15, -0.1) is 0 Å². The Morgan fingerprint density at radius 2 is 1.28 bits per heavy atom. The van der Waals surface area contributed by atoms with Crippen molar-refractivity contribution in [3.8, 4) is 0 Å². The summed E-state index contributed by atoms with van der Waals surface area (Å²) in [6, 6.07) is 0. The lowest BCUT2D eigenvalue weighted by Crippen LogP contribution is -2.35. The van der Waals surface area contributed by atoms with Crippen molar-refractivity contribution in [2.75, 3.05) is 33.2 Å². The minimum atomic E-state index is 0.0921.